The fourth-order valence-electron chi connectivity index (χ4n) is 0.596. The van der Waals surface area contributed by atoms with Crippen LogP contribution in [-0.2, 0) is 9.63 Å². The van der Waals surface area contributed by atoms with Gasteiger partial charge in [0, 0.05) is 11.5 Å². The van der Waals surface area contributed by atoms with E-state index in [1.165, 1.54) is 0 Å². The number of anilines is 1. The van der Waals surface area contributed by atoms with E-state index in [-0.39, 0.29) is 16.4 Å². The summed E-state index contributed by atoms with van der Waals surface area (Å²) in [4.78, 5) is 18.1. The number of alkyl halides is 1. The number of hydrogen-bond donors (Lipinski definition) is 2. The predicted octanol–water partition coefficient (Wildman–Crippen LogP) is -0.972. The first-order valence-electron chi connectivity index (χ1n) is 3.24. The van der Waals surface area contributed by atoms with Crippen molar-refractivity contribution in [2.45, 2.75) is 0 Å². The number of carbonyl (C=O) groups is 1. The second-order valence-electron chi connectivity index (χ2n) is 1.94. The lowest BCUT2D eigenvalue weighted by molar-refractivity contribution is -0.129. The average molecular weight is 238 g/mol. The normalized spacial score (nSPS) is 10.6. The van der Waals surface area contributed by atoms with Crippen molar-refractivity contribution in [3.8, 4) is 0 Å². The van der Waals surface area contributed by atoms with E-state index in [0.29, 0.717) is 0 Å². The lowest BCUT2D eigenvalue weighted by atomic mass is 10.4. The fraction of sp³-hybridized carbons (Fsp3) is 0.200. The summed E-state index contributed by atoms with van der Waals surface area (Å²) >= 11 is 0.807. The molecule has 1 aromatic rings. The Bertz CT molecular complexity index is 368. The minimum Gasteiger partial charge on any atom is -0.476 e. The van der Waals surface area contributed by atoms with Crippen LogP contribution < -0.4 is 5.73 Å². The third kappa shape index (κ3) is 3.44. The van der Waals surface area contributed by atoms with Crippen LogP contribution in [0.3, 0.4) is 0 Å². The third-order valence-electron chi connectivity index (χ3n) is 1.06. The molecular formula is C5H7FN4O4S. The van der Waals surface area contributed by atoms with Gasteiger partial charge < -0.3 is 21.2 Å². The highest BCUT2D eigenvalue weighted by atomic mass is 32.1. The van der Waals surface area contributed by atoms with Crippen molar-refractivity contribution in [3.63, 3.8) is 0 Å². The molecule has 15 heavy (non-hydrogen) atoms. The molecule has 0 amide bonds. The van der Waals surface area contributed by atoms with Gasteiger partial charge in [0.15, 0.2) is 5.13 Å². The minimum atomic E-state index is -1.42. The Balaban J connectivity index is 0.00000196. The molecule has 84 valence electrons. The van der Waals surface area contributed by atoms with Crippen molar-refractivity contribution in [2.24, 2.45) is 5.16 Å². The molecule has 0 aliphatic rings. The standard InChI is InChI=1S/C5H5FN4O3S.H2O/c6-1-13-9-2(4(11)12)3-8-5(7)14-10-3;/h1H2,(H,11,12)(H2,7,8,10);1H2/b9-2+;. The van der Waals surface area contributed by atoms with Crippen molar-refractivity contribution < 1.29 is 24.6 Å². The Morgan fingerprint density at radius 1 is 1.73 bits per heavy atom. The number of oxime groups is 1. The largest absolute Gasteiger partial charge is 0.476 e. The summed E-state index contributed by atoms with van der Waals surface area (Å²) < 4.78 is 15.1. The Labute approximate surface area is 86.7 Å². The fourth-order valence-corrected chi connectivity index (χ4v) is 1.03. The Hall–Kier alpha value is -1.81. The highest BCUT2D eigenvalue weighted by Crippen LogP contribution is 2.07. The SMILES string of the molecule is Nc1nc(/C(=N\OCF)C(=O)O)ns1.O. The average Bonchev–Trinajstić information content (AvgIpc) is 2.52. The number of nitrogens with two attached hydrogens (primary N) is 1. The van der Waals surface area contributed by atoms with Crippen molar-refractivity contribution in [1.82, 2.24) is 9.36 Å². The van der Waals surface area contributed by atoms with Crippen LogP contribution in [0.25, 0.3) is 0 Å². The number of rotatable bonds is 4. The lowest BCUT2D eigenvalue weighted by Gasteiger charge is -1.94. The van der Waals surface area contributed by atoms with Gasteiger partial charge in [-0.05, 0) is 0 Å². The second-order valence-corrected chi connectivity index (χ2v) is 2.72. The zero-order valence-electron chi connectivity index (χ0n) is 7.18. The van der Waals surface area contributed by atoms with Crippen LogP contribution in [0.4, 0.5) is 9.52 Å². The molecule has 0 atom stereocenters. The molecule has 10 heteroatoms. The molecule has 8 nitrogen and oxygen atoms in total. The molecule has 0 bridgehead atoms. The predicted molar refractivity (Wildman–Crippen MR) is 49.2 cm³/mol. The molecule has 0 saturated heterocycles. The van der Waals surface area contributed by atoms with Gasteiger partial charge in [-0.3, -0.25) is 0 Å². The molecule has 0 aromatic carbocycles. The van der Waals surface area contributed by atoms with E-state index in [1.807, 2.05) is 0 Å². The number of carboxylic acid groups (broad SMARTS) is 1. The zero-order valence-corrected chi connectivity index (χ0v) is 7.99. The van der Waals surface area contributed by atoms with Gasteiger partial charge >= 0.3 is 5.97 Å². The van der Waals surface area contributed by atoms with Gasteiger partial charge in [-0.1, -0.05) is 5.16 Å². The number of nitrogen functional groups attached to an aromatic ring is 1. The number of hydrogen-bond acceptors (Lipinski definition) is 7. The molecule has 0 fully saturated rings. The van der Waals surface area contributed by atoms with E-state index < -0.39 is 18.5 Å². The second kappa shape index (κ2) is 5.82. The minimum absolute atomic E-state index is 0. The van der Waals surface area contributed by atoms with E-state index in [9.17, 15) is 9.18 Å². The number of aliphatic carboxylic acids is 1. The van der Waals surface area contributed by atoms with Crippen molar-refractivity contribution >= 4 is 28.3 Å². The van der Waals surface area contributed by atoms with Gasteiger partial charge in [-0.2, -0.15) is 9.36 Å². The van der Waals surface area contributed by atoms with E-state index in [2.05, 4.69) is 19.4 Å². The number of aromatic nitrogens is 2. The van der Waals surface area contributed by atoms with Gasteiger partial charge in [0.2, 0.25) is 11.5 Å². The summed E-state index contributed by atoms with van der Waals surface area (Å²) in [6.45, 7) is -1.23. The molecule has 0 unspecified atom stereocenters. The molecule has 0 radical (unpaired) electrons. The van der Waals surface area contributed by atoms with Crippen molar-refractivity contribution in [2.75, 3.05) is 12.6 Å². The first-order valence-corrected chi connectivity index (χ1v) is 4.01. The molecule has 1 aromatic heterocycles. The third-order valence-corrected chi connectivity index (χ3v) is 1.60. The highest BCUT2D eigenvalue weighted by molar-refractivity contribution is 7.09. The summed E-state index contributed by atoms with van der Waals surface area (Å²) in [6, 6.07) is 0. The van der Waals surface area contributed by atoms with Gasteiger partial charge in [-0.15, -0.1) is 0 Å². The Morgan fingerprint density at radius 3 is 2.80 bits per heavy atom. The molecule has 0 saturated carbocycles. The van der Waals surface area contributed by atoms with Crippen molar-refractivity contribution in [3.05, 3.63) is 5.82 Å². The van der Waals surface area contributed by atoms with Crippen LogP contribution in [0.5, 0.6) is 0 Å². The number of carboxylic acids is 1. The summed E-state index contributed by atoms with van der Waals surface area (Å²) in [6.07, 6.45) is 0. The molecule has 1 rings (SSSR count). The zero-order chi connectivity index (χ0) is 10.6. The maximum absolute atomic E-state index is 11.6. The first kappa shape index (κ1) is 13.2. The summed E-state index contributed by atoms with van der Waals surface area (Å²) in [7, 11) is 0. The van der Waals surface area contributed by atoms with Crippen LogP contribution in [0.15, 0.2) is 5.16 Å². The monoisotopic (exact) mass is 238 g/mol. The highest BCUT2D eigenvalue weighted by Gasteiger charge is 2.18. The molecule has 0 aliphatic heterocycles. The lowest BCUT2D eigenvalue weighted by Crippen LogP contribution is -2.16. The molecule has 0 aliphatic carbocycles. The van der Waals surface area contributed by atoms with Crippen LogP contribution in [0, 0.1) is 0 Å². The van der Waals surface area contributed by atoms with Gasteiger partial charge in [-0.25, -0.2) is 9.18 Å². The van der Waals surface area contributed by atoms with Gasteiger partial charge in [0.1, 0.15) is 0 Å². The van der Waals surface area contributed by atoms with Gasteiger partial charge in [0.25, 0.3) is 6.86 Å². The quantitative estimate of drug-likeness (QED) is 0.510. The van der Waals surface area contributed by atoms with Crippen LogP contribution in [0.1, 0.15) is 5.82 Å². The summed E-state index contributed by atoms with van der Waals surface area (Å²) in [5.41, 5.74) is 4.64. The summed E-state index contributed by atoms with van der Waals surface area (Å²) in [5.74, 6) is -1.62. The van der Waals surface area contributed by atoms with E-state index in [4.69, 9.17) is 10.8 Å². The topological polar surface area (TPSA) is 142 Å². The van der Waals surface area contributed by atoms with Crippen LogP contribution in [0.2, 0.25) is 0 Å². The summed E-state index contributed by atoms with van der Waals surface area (Å²) in [5, 5.41) is 11.7. The van der Waals surface area contributed by atoms with E-state index in [1.54, 1.807) is 0 Å². The van der Waals surface area contributed by atoms with Gasteiger partial charge in [0.05, 0.1) is 0 Å². The Kier molecular flexibility index (Phi) is 5.12. The molecule has 0 spiro atoms. The molecule has 5 N–H and O–H groups in total. The van der Waals surface area contributed by atoms with Crippen LogP contribution >= 0.6 is 11.5 Å². The maximum Gasteiger partial charge on any atom is 0.362 e. The maximum atomic E-state index is 11.6. The first-order chi connectivity index (χ1) is 6.65. The van der Waals surface area contributed by atoms with Crippen LogP contribution in [-0.4, -0.2) is 38.5 Å². The van der Waals surface area contributed by atoms with E-state index >= 15 is 0 Å². The molecule has 1 heterocycles. The van der Waals surface area contributed by atoms with E-state index in [0.717, 1.165) is 11.5 Å². The Morgan fingerprint density at radius 2 is 2.40 bits per heavy atom. The number of nitrogens with zero attached hydrogens (tertiary/aromatic N) is 3. The van der Waals surface area contributed by atoms with Crippen molar-refractivity contribution in [1.29, 1.82) is 0 Å². The smallest absolute Gasteiger partial charge is 0.362 e. The number of halogens is 1. The molecular weight excluding hydrogens is 231 g/mol.